The van der Waals surface area contributed by atoms with Gasteiger partial charge in [-0.25, -0.2) is 0 Å². The van der Waals surface area contributed by atoms with E-state index in [1.54, 1.807) is 11.3 Å². The summed E-state index contributed by atoms with van der Waals surface area (Å²) in [6.07, 6.45) is 0. The standard InChI is InChI=1S/C11H15N3S/c1-9-8-13(2)5-6-14(9)11-4-3-10(7-12)15-11/h3-4,9H,5-6,8H2,1-2H3/t9-/m1/s1. The summed E-state index contributed by atoms with van der Waals surface area (Å²) in [4.78, 5) is 5.54. The van der Waals surface area contributed by atoms with Crippen molar-refractivity contribution in [3.8, 4) is 6.07 Å². The molecule has 1 atom stereocenters. The van der Waals surface area contributed by atoms with E-state index in [1.807, 2.05) is 6.07 Å². The van der Waals surface area contributed by atoms with Crippen LogP contribution in [0.25, 0.3) is 0 Å². The third-order valence-corrected chi connectivity index (χ3v) is 3.84. The van der Waals surface area contributed by atoms with Crippen LogP contribution in [0.3, 0.4) is 0 Å². The van der Waals surface area contributed by atoms with Crippen LogP contribution in [0.2, 0.25) is 0 Å². The Morgan fingerprint density at radius 2 is 2.27 bits per heavy atom. The summed E-state index contributed by atoms with van der Waals surface area (Å²) in [5.74, 6) is 0. The highest BCUT2D eigenvalue weighted by Gasteiger charge is 2.22. The summed E-state index contributed by atoms with van der Waals surface area (Å²) in [7, 11) is 2.16. The maximum atomic E-state index is 8.79. The highest BCUT2D eigenvalue weighted by Crippen LogP contribution is 2.28. The van der Waals surface area contributed by atoms with Crippen molar-refractivity contribution in [2.24, 2.45) is 0 Å². The van der Waals surface area contributed by atoms with Crippen molar-refractivity contribution in [3.63, 3.8) is 0 Å². The maximum Gasteiger partial charge on any atom is 0.110 e. The lowest BCUT2D eigenvalue weighted by Crippen LogP contribution is -2.50. The summed E-state index contributed by atoms with van der Waals surface area (Å²) in [5.41, 5.74) is 0. The van der Waals surface area contributed by atoms with Crippen LogP contribution in [0.4, 0.5) is 5.00 Å². The van der Waals surface area contributed by atoms with E-state index in [2.05, 4.69) is 35.9 Å². The van der Waals surface area contributed by atoms with Gasteiger partial charge in [-0.15, -0.1) is 11.3 Å². The fourth-order valence-electron chi connectivity index (χ4n) is 2.01. The summed E-state index contributed by atoms with van der Waals surface area (Å²) in [6, 6.07) is 6.70. The van der Waals surface area contributed by atoms with Gasteiger partial charge in [0.1, 0.15) is 10.9 Å². The number of anilines is 1. The summed E-state index contributed by atoms with van der Waals surface area (Å²) in [6.45, 7) is 5.49. The smallest absolute Gasteiger partial charge is 0.110 e. The van der Waals surface area contributed by atoms with Gasteiger partial charge in [0, 0.05) is 25.7 Å². The topological polar surface area (TPSA) is 30.3 Å². The number of likely N-dealkylation sites (N-methyl/N-ethyl adjacent to an activating group) is 1. The Labute approximate surface area is 94.5 Å². The first-order chi connectivity index (χ1) is 7.20. The van der Waals surface area contributed by atoms with E-state index in [9.17, 15) is 0 Å². The fraction of sp³-hybridized carbons (Fsp3) is 0.545. The van der Waals surface area contributed by atoms with Crippen LogP contribution in [0, 0.1) is 11.3 Å². The van der Waals surface area contributed by atoms with Crippen molar-refractivity contribution in [1.82, 2.24) is 4.90 Å². The van der Waals surface area contributed by atoms with Crippen molar-refractivity contribution in [1.29, 1.82) is 5.26 Å². The average Bonchev–Trinajstić information content (AvgIpc) is 2.66. The van der Waals surface area contributed by atoms with Crippen molar-refractivity contribution in [2.45, 2.75) is 13.0 Å². The molecule has 3 nitrogen and oxygen atoms in total. The molecule has 0 aromatic carbocycles. The van der Waals surface area contributed by atoms with E-state index in [0.29, 0.717) is 6.04 Å². The lowest BCUT2D eigenvalue weighted by Gasteiger charge is -2.38. The van der Waals surface area contributed by atoms with Crippen LogP contribution in [0.15, 0.2) is 12.1 Å². The zero-order valence-corrected chi connectivity index (χ0v) is 9.92. The molecule has 0 radical (unpaired) electrons. The van der Waals surface area contributed by atoms with Gasteiger partial charge in [0.05, 0.1) is 5.00 Å². The minimum Gasteiger partial charge on any atom is -0.358 e. The Balaban J connectivity index is 2.14. The van der Waals surface area contributed by atoms with Crippen molar-refractivity contribution >= 4 is 16.3 Å². The monoisotopic (exact) mass is 221 g/mol. The second kappa shape index (κ2) is 4.21. The van der Waals surface area contributed by atoms with Gasteiger partial charge in [0.15, 0.2) is 0 Å². The molecule has 80 valence electrons. The summed E-state index contributed by atoms with van der Waals surface area (Å²) in [5, 5.41) is 10.0. The number of nitrogens with zero attached hydrogens (tertiary/aromatic N) is 3. The van der Waals surface area contributed by atoms with Gasteiger partial charge in [-0.2, -0.15) is 5.26 Å². The zero-order valence-electron chi connectivity index (χ0n) is 9.10. The molecule has 0 saturated carbocycles. The number of piperazine rings is 1. The number of thiophene rings is 1. The predicted molar refractivity (Wildman–Crippen MR) is 63.3 cm³/mol. The Kier molecular flexibility index (Phi) is 2.94. The van der Waals surface area contributed by atoms with Crippen LogP contribution in [-0.4, -0.2) is 37.6 Å². The molecular formula is C11H15N3S. The molecule has 0 N–H and O–H groups in total. The van der Waals surface area contributed by atoms with E-state index in [4.69, 9.17) is 5.26 Å². The Bertz CT molecular complexity index is 379. The SMILES string of the molecule is C[C@@H]1CN(C)CCN1c1ccc(C#N)s1. The van der Waals surface area contributed by atoms with Gasteiger partial charge >= 0.3 is 0 Å². The van der Waals surface area contributed by atoms with E-state index in [0.717, 1.165) is 24.5 Å². The summed E-state index contributed by atoms with van der Waals surface area (Å²) < 4.78 is 0. The molecule has 1 aromatic rings. The van der Waals surface area contributed by atoms with E-state index < -0.39 is 0 Å². The first-order valence-corrected chi connectivity index (χ1v) is 5.97. The molecule has 0 amide bonds. The van der Waals surface area contributed by atoms with Gasteiger partial charge in [0.25, 0.3) is 0 Å². The molecule has 0 aliphatic carbocycles. The Hall–Kier alpha value is -1.05. The lowest BCUT2D eigenvalue weighted by atomic mass is 10.2. The molecule has 1 aliphatic rings. The molecule has 0 bridgehead atoms. The average molecular weight is 221 g/mol. The first-order valence-electron chi connectivity index (χ1n) is 5.16. The summed E-state index contributed by atoms with van der Waals surface area (Å²) >= 11 is 1.59. The molecule has 0 spiro atoms. The number of nitriles is 1. The first kappa shape index (κ1) is 10.5. The second-order valence-electron chi connectivity index (χ2n) is 4.05. The zero-order chi connectivity index (χ0) is 10.8. The largest absolute Gasteiger partial charge is 0.358 e. The third-order valence-electron chi connectivity index (χ3n) is 2.82. The number of hydrogen-bond donors (Lipinski definition) is 0. The minimum atomic E-state index is 0.536. The number of rotatable bonds is 1. The Morgan fingerprint density at radius 3 is 2.87 bits per heavy atom. The molecule has 4 heteroatoms. The van der Waals surface area contributed by atoms with Crippen molar-refractivity contribution in [2.75, 3.05) is 31.6 Å². The minimum absolute atomic E-state index is 0.536. The second-order valence-corrected chi connectivity index (χ2v) is 5.12. The molecule has 15 heavy (non-hydrogen) atoms. The molecule has 2 rings (SSSR count). The highest BCUT2D eigenvalue weighted by atomic mass is 32.1. The van der Waals surface area contributed by atoms with Crippen LogP contribution < -0.4 is 4.90 Å². The number of hydrogen-bond acceptors (Lipinski definition) is 4. The van der Waals surface area contributed by atoms with E-state index in [-0.39, 0.29) is 0 Å². The normalized spacial score (nSPS) is 22.7. The van der Waals surface area contributed by atoms with Gasteiger partial charge in [0.2, 0.25) is 0 Å². The molecule has 1 fully saturated rings. The van der Waals surface area contributed by atoms with Crippen molar-refractivity contribution in [3.05, 3.63) is 17.0 Å². The van der Waals surface area contributed by atoms with Crippen LogP contribution in [-0.2, 0) is 0 Å². The Morgan fingerprint density at radius 1 is 1.47 bits per heavy atom. The quantitative estimate of drug-likeness (QED) is 0.724. The van der Waals surface area contributed by atoms with Crippen LogP contribution in [0.1, 0.15) is 11.8 Å². The molecule has 1 saturated heterocycles. The van der Waals surface area contributed by atoms with Gasteiger partial charge < -0.3 is 9.80 Å². The van der Waals surface area contributed by atoms with Crippen molar-refractivity contribution < 1.29 is 0 Å². The maximum absolute atomic E-state index is 8.79. The molecular weight excluding hydrogens is 206 g/mol. The third kappa shape index (κ3) is 2.14. The van der Waals surface area contributed by atoms with Crippen LogP contribution >= 0.6 is 11.3 Å². The van der Waals surface area contributed by atoms with Gasteiger partial charge in [-0.05, 0) is 26.1 Å². The van der Waals surface area contributed by atoms with E-state index >= 15 is 0 Å². The van der Waals surface area contributed by atoms with Gasteiger partial charge in [-0.1, -0.05) is 0 Å². The fourth-order valence-corrected chi connectivity index (χ4v) is 2.94. The van der Waals surface area contributed by atoms with Crippen LogP contribution in [0.5, 0.6) is 0 Å². The molecule has 0 unspecified atom stereocenters. The molecule has 1 aromatic heterocycles. The van der Waals surface area contributed by atoms with Gasteiger partial charge in [-0.3, -0.25) is 0 Å². The highest BCUT2D eigenvalue weighted by molar-refractivity contribution is 7.16. The molecule has 2 heterocycles. The predicted octanol–water partition coefficient (Wildman–Crippen LogP) is 1.76. The van der Waals surface area contributed by atoms with E-state index in [1.165, 1.54) is 5.00 Å². The lowest BCUT2D eigenvalue weighted by molar-refractivity contribution is 0.276. The molecule has 1 aliphatic heterocycles.